The molecule has 0 spiro atoms. The molecule has 3 unspecified atom stereocenters. The second kappa shape index (κ2) is 4.28. The van der Waals surface area contributed by atoms with E-state index in [4.69, 9.17) is 4.74 Å². The maximum Gasteiger partial charge on any atom is 0.237 e. The van der Waals surface area contributed by atoms with Gasteiger partial charge in [-0.15, -0.1) is 0 Å². The molecule has 1 aliphatic heterocycles. The highest BCUT2D eigenvalue weighted by Gasteiger charge is 2.32. The van der Waals surface area contributed by atoms with Crippen LogP contribution in [0.1, 0.15) is 25.7 Å². The van der Waals surface area contributed by atoms with Gasteiger partial charge in [0.15, 0.2) is 0 Å². The van der Waals surface area contributed by atoms with E-state index in [2.05, 4.69) is 10.6 Å². The third-order valence-electron chi connectivity index (χ3n) is 3.22. The average molecular weight is 198 g/mol. The molecule has 1 saturated heterocycles. The van der Waals surface area contributed by atoms with Crippen LogP contribution in [0.5, 0.6) is 0 Å². The molecule has 1 amide bonds. The van der Waals surface area contributed by atoms with Gasteiger partial charge in [-0.05, 0) is 32.2 Å². The van der Waals surface area contributed by atoms with Crippen molar-refractivity contribution in [3.8, 4) is 0 Å². The van der Waals surface area contributed by atoms with Gasteiger partial charge in [-0.25, -0.2) is 0 Å². The Morgan fingerprint density at radius 1 is 1.43 bits per heavy atom. The van der Waals surface area contributed by atoms with Crippen molar-refractivity contribution in [2.45, 2.75) is 43.9 Å². The van der Waals surface area contributed by atoms with E-state index in [1.807, 2.05) is 0 Å². The van der Waals surface area contributed by atoms with Gasteiger partial charge in [0.2, 0.25) is 5.91 Å². The Morgan fingerprint density at radius 2 is 2.21 bits per heavy atom. The van der Waals surface area contributed by atoms with Crippen LogP contribution in [0.3, 0.4) is 0 Å². The molecule has 0 aromatic carbocycles. The van der Waals surface area contributed by atoms with Crippen LogP contribution in [-0.4, -0.2) is 37.7 Å². The Kier molecular flexibility index (Phi) is 3.03. The Bertz CT molecular complexity index is 216. The first-order valence-electron chi connectivity index (χ1n) is 5.38. The van der Waals surface area contributed by atoms with Crippen LogP contribution < -0.4 is 10.6 Å². The number of ether oxygens (including phenoxy) is 1. The summed E-state index contributed by atoms with van der Waals surface area (Å²) in [7, 11) is 1.72. The normalized spacial score (nSPS) is 36.5. The standard InChI is InChI=1S/C10H18N2O2/c1-14-9-4-2-3-7(9)12-10(13)8-5-6-11-8/h7-9,11H,2-6H2,1H3,(H,12,13). The summed E-state index contributed by atoms with van der Waals surface area (Å²) in [6.45, 7) is 0.969. The molecule has 14 heavy (non-hydrogen) atoms. The highest BCUT2D eigenvalue weighted by Crippen LogP contribution is 2.21. The molecule has 0 bridgehead atoms. The van der Waals surface area contributed by atoms with Gasteiger partial charge >= 0.3 is 0 Å². The summed E-state index contributed by atoms with van der Waals surface area (Å²) in [6, 6.07) is 0.281. The Hall–Kier alpha value is -0.610. The zero-order valence-corrected chi connectivity index (χ0v) is 8.58. The van der Waals surface area contributed by atoms with Gasteiger partial charge in [0, 0.05) is 7.11 Å². The third-order valence-corrected chi connectivity index (χ3v) is 3.22. The third kappa shape index (κ3) is 1.91. The van der Waals surface area contributed by atoms with Crippen molar-refractivity contribution in [2.75, 3.05) is 13.7 Å². The van der Waals surface area contributed by atoms with Gasteiger partial charge < -0.3 is 15.4 Å². The molecule has 4 nitrogen and oxygen atoms in total. The van der Waals surface area contributed by atoms with Crippen LogP contribution in [0.15, 0.2) is 0 Å². The van der Waals surface area contributed by atoms with E-state index in [0.29, 0.717) is 0 Å². The van der Waals surface area contributed by atoms with Crippen molar-refractivity contribution in [3.05, 3.63) is 0 Å². The summed E-state index contributed by atoms with van der Waals surface area (Å²) in [5.41, 5.74) is 0. The van der Waals surface area contributed by atoms with E-state index in [1.165, 1.54) is 0 Å². The van der Waals surface area contributed by atoms with Crippen molar-refractivity contribution in [1.82, 2.24) is 10.6 Å². The number of rotatable bonds is 3. The quantitative estimate of drug-likeness (QED) is 0.673. The minimum atomic E-state index is 0.0492. The van der Waals surface area contributed by atoms with Crippen LogP contribution in [0.2, 0.25) is 0 Å². The number of hydrogen-bond donors (Lipinski definition) is 2. The zero-order valence-electron chi connectivity index (χ0n) is 8.58. The first-order chi connectivity index (χ1) is 6.81. The van der Waals surface area contributed by atoms with Crippen LogP contribution >= 0.6 is 0 Å². The van der Waals surface area contributed by atoms with Crippen molar-refractivity contribution >= 4 is 5.91 Å². The van der Waals surface area contributed by atoms with Crippen molar-refractivity contribution in [3.63, 3.8) is 0 Å². The number of carbonyl (C=O) groups is 1. The second-order valence-corrected chi connectivity index (χ2v) is 4.12. The predicted octanol–water partition coefficient (Wildman–Crippen LogP) is 0.0320. The highest BCUT2D eigenvalue weighted by atomic mass is 16.5. The van der Waals surface area contributed by atoms with Gasteiger partial charge in [-0.2, -0.15) is 0 Å². The van der Waals surface area contributed by atoms with Gasteiger partial charge in [-0.1, -0.05) is 0 Å². The summed E-state index contributed by atoms with van der Waals surface area (Å²) in [5.74, 6) is 0.144. The van der Waals surface area contributed by atoms with E-state index in [9.17, 15) is 4.79 Å². The van der Waals surface area contributed by atoms with Gasteiger partial charge in [0.05, 0.1) is 18.2 Å². The molecule has 1 heterocycles. The molecule has 0 radical (unpaired) electrons. The van der Waals surface area contributed by atoms with Gasteiger partial charge in [0.25, 0.3) is 0 Å². The fourth-order valence-electron chi connectivity index (χ4n) is 2.17. The minimum Gasteiger partial charge on any atom is -0.379 e. The van der Waals surface area contributed by atoms with Crippen molar-refractivity contribution in [2.24, 2.45) is 0 Å². The van der Waals surface area contributed by atoms with Crippen molar-refractivity contribution in [1.29, 1.82) is 0 Å². The largest absolute Gasteiger partial charge is 0.379 e. The predicted molar refractivity (Wildman–Crippen MR) is 53.0 cm³/mol. The summed E-state index contributed by atoms with van der Waals surface area (Å²) < 4.78 is 5.32. The number of nitrogens with one attached hydrogen (secondary N) is 2. The molecule has 3 atom stereocenters. The lowest BCUT2D eigenvalue weighted by Crippen LogP contribution is -2.56. The minimum absolute atomic E-state index is 0.0492. The first-order valence-corrected chi connectivity index (χ1v) is 5.38. The smallest absolute Gasteiger partial charge is 0.237 e. The molecule has 1 aliphatic carbocycles. The zero-order chi connectivity index (χ0) is 9.97. The topological polar surface area (TPSA) is 50.4 Å². The van der Waals surface area contributed by atoms with Gasteiger partial charge in [0.1, 0.15) is 0 Å². The van der Waals surface area contributed by atoms with Crippen molar-refractivity contribution < 1.29 is 9.53 Å². The fraction of sp³-hybridized carbons (Fsp3) is 0.900. The number of carbonyl (C=O) groups excluding carboxylic acids is 1. The fourth-order valence-corrected chi connectivity index (χ4v) is 2.17. The maximum absolute atomic E-state index is 11.6. The Morgan fingerprint density at radius 3 is 2.79 bits per heavy atom. The Labute approximate surface area is 84.4 Å². The summed E-state index contributed by atoms with van der Waals surface area (Å²) in [6.07, 6.45) is 4.47. The van der Waals surface area contributed by atoms with E-state index >= 15 is 0 Å². The molecule has 0 aromatic rings. The monoisotopic (exact) mass is 198 g/mol. The molecule has 2 aliphatic rings. The highest BCUT2D eigenvalue weighted by molar-refractivity contribution is 5.82. The van der Waals surface area contributed by atoms with Crippen LogP contribution in [0.4, 0.5) is 0 Å². The summed E-state index contributed by atoms with van der Waals surface area (Å²) in [5, 5.41) is 6.15. The molecule has 0 aromatic heterocycles. The molecule has 4 heteroatoms. The molecule has 80 valence electrons. The second-order valence-electron chi connectivity index (χ2n) is 4.12. The molecular formula is C10H18N2O2. The first kappa shape index (κ1) is 9.93. The lowest BCUT2D eigenvalue weighted by atomic mass is 10.1. The van der Waals surface area contributed by atoms with E-state index < -0.39 is 0 Å². The van der Waals surface area contributed by atoms with E-state index in [1.54, 1.807) is 7.11 Å². The molecule has 2 fully saturated rings. The number of hydrogen-bond acceptors (Lipinski definition) is 3. The average Bonchev–Trinajstić information content (AvgIpc) is 2.48. The number of methoxy groups -OCH3 is 1. The molecule has 2 N–H and O–H groups in total. The number of amides is 1. The Balaban J connectivity index is 1.80. The summed E-state index contributed by atoms with van der Waals surface area (Å²) >= 11 is 0. The molecule has 1 saturated carbocycles. The lowest BCUT2D eigenvalue weighted by Gasteiger charge is -2.29. The molecule has 2 rings (SSSR count). The SMILES string of the molecule is COC1CCCC1NC(=O)C1CCN1. The lowest BCUT2D eigenvalue weighted by molar-refractivity contribution is -0.126. The van der Waals surface area contributed by atoms with E-state index in [-0.39, 0.29) is 24.1 Å². The van der Waals surface area contributed by atoms with Crippen LogP contribution in [0.25, 0.3) is 0 Å². The van der Waals surface area contributed by atoms with Gasteiger partial charge in [-0.3, -0.25) is 4.79 Å². The van der Waals surface area contributed by atoms with Crippen LogP contribution in [-0.2, 0) is 9.53 Å². The van der Waals surface area contributed by atoms with Crippen LogP contribution in [0, 0.1) is 0 Å². The molecular weight excluding hydrogens is 180 g/mol. The van der Waals surface area contributed by atoms with E-state index in [0.717, 1.165) is 32.2 Å². The summed E-state index contributed by atoms with van der Waals surface area (Å²) in [4.78, 5) is 11.6. The maximum atomic E-state index is 11.6.